The Labute approximate surface area is 120 Å². The topological polar surface area (TPSA) is 83.7 Å². The molecule has 2 aliphatic heterocycles. The first-order chi connectivity index (χ1) is 8.85. The number of rotatable bonds is 3. The molecule has 2 fully saturated rings. The Bertz CT molecular complexity index is 431. The Hall–Kier alpha value is -0.890. The lowest BCUT2D eigenvalue weighted by molar-refractivity contribution is -0.145. The Morgan fingerprint density at radius 3 is 2.89 bits per heavy atom. The first kappa shape index (κ1) is 14.5. The number of nitrogens with zero attached hydrogens (tertiary/aromatic N) is 2. The van der Waals surface area contributed by atoms with E-state index in [0.717, 1.165) is 5.75 Å². The average molecular weight is 303 g/mol. The Morgan fingerprint density at radius 1 is 1.58 bits per heavy atom. The molecule has 6 nitrogen and oxygen atoms in total. The molecule has 0 saturated carbocycles. The summed E-state index contributed by atoms with van der Waals surface area (Å²) >= 11 is 3.23. The van der Waals surface area contributed by atoms with Gasteiger partial charge in [-0.3, -0.25) is 14.4 Å². The van der Waals surface area contributed by atoms with Crippen LogP contribution >= 0.6 is 23.5 Å². The fraction of sp³-hybridized carbons (Fsp3) is 0.727. The normalized spacial score (nSPS) is 30.1. The van der Waals surface area contributed by atoms with Gasteiger partial charge in [-0.2, -0.15) is 0 Å². The molecule has 0 aromatic rings. The van der Waals surface area contributed by atoms with Gasteiger partial charge in [-0.1, -0.05) is 0 Å². The molecule has 0 aromatic carbocycles. The van der Waals surface area contributed by atoms with Crippen molar-refractivity contribution >= 4 is 41.2 Å². The summed E-state index contributed by atoms with van der Waals surface area (Å²) in [7, 11) is 1.54. The number of nitrogens with two attached hydrogens (primary N) is 1. The highest BCUT2D eigenvalue weighted by atomic mass is 32.2. The molecular weight excluding hydrogens is 286 g/mol. The molecule has 0 aliphatic carbocycles. The summed E-state index contributed by atoms with van der Waals surface area (Å²) in [6.07, 6.45) is 0. The zero-order valence-corrected chi connectivity index (χ0v) is 12.6. The zero-order valence-electron chi connectivity index (χ0n) is 10.9. The molecule has 2 heterocycles. The average Bonchev–Trinajstić information content (AvgIpc) is 2.66. The molecule has 0 unspecified atom stereocenters. The van der Waals surface area contributed by atoms with Gasteiger partial charge in [-0.25, -0.2) is 0 Å². The molecule has 0 radical (unpaired) electrons. The molecule has 2 rings (SSSR count). The van der Waals surface area contributed by atoms with E-state index in [9.17, 15) is 14.4 Å². The maximum Gasteiger partial charge on any atom is 0.246 e. The molecule has 8 heteroatoms. The third-order valence-electron chi connectivity index (χ3n) is 3.29. The van der Waals surface area contributed by atoms with Gasteiger partial charge in [0.15, 0.2) is 0 Å². The van der Waals surface area contributed by atoms with E-state index < -0.39 is 11.9 Å². The van der Waals surface area contributed by atoms with E-state index in [2.05, 4.69) is 0 Å². The standard InChI is InChI=1S/C11H17N3O3S2/c1-11-6-18-5-9(16)14(11)7(4-19-11)10(17)13(2)3-8(12)15/h7H,3-6H2,1-2H3,(H2,12,15)/t7-,11-/m1/s1. The monoisotopic (exact) mass is 303 g/mol. The Morgan fingerprint density at radius 2 is 2.26 bits per heavy atom. The van der Waals surface area contributed by atoms with Crippen LogP contribution in [0.3, 0.4) is 0 Å². The molecule has 0 bridgehead atoms. The van der Waals surface area contributed by atoms with E-state index in [4.69, 9.17) is 5.73 Å². The quantitative estimate of drug-likeness (QED) is 0.748. The van der Waals surface area contributed by atoms with Gasteiger partial charge in [-0.05, 0) is 6.92 Å². The second kappa shape index (κ2) is 5.24. The molecule has 2 atom stereocenters. The van der Waals surface area contributed by atoms with Crippen LogP contribution in [0.4, 0.5) is 0 Å². The van der Waals surface area contributed by atoms with Crippen molar-refractivity contribution < 1.29 is 14.4 Å². The lowest BCUT2D eigenvalue weighted by Crippen LogP contribution is -2.58. The summed E-state index contributed by atoms with van der Waals surface area (Å²) in [5.74, 6) is 1.05. The van der Waals surface area contributed by atoms with Gasteiger partial charge < -0.3 is 15.5 Å². The van der Waals surface area contributed by atoms with Gasteiger partial charge in [0.2, 0.25) is 17.7 Å². The third kappa shape index (κ3) is 2.69. The second-order valence-corrected chi connectivity index (χ2v) is 7.41. The minimum absolute atomic E-state index is 0.00502. The summed E-state index contributed by atoms with van der Waals surface area (Å²) in [6, 6.07) is -0.479. The molecule has 2 N–H and O–H groups in total. The summed E-state index contributed by atoms with van der Waals surface area (Å²) in [5.41, 5.74) is 5.09. The minimum atomic E-state index is -0.551. The predicted molar refractivity (Wildman–Crippen MR) is 75.7 cm³/mol. The summed E-state index contributed by atoms with van der Waals surface area (Å²) in [6.45, 7) is 1.87. The zero-order chi connectivity index (χ0) is 14.2. The highest BCUT2D eigenvalue weighted by Gasteiger charge is 2.51. The third-order valence-corrected chi connectivity index (χ3v) is 6.14. The molecule has 2 saturated heterocycles. The second-order valence-electron chi connectivity index (χ2n) is 4.92. The fourth-order valence-corrected chi connectivity index (χ4v) is 5.12. The number of carbonyl (C=O) groups is 3. The van der Waals surface area contributed by atoms with Crippen LogP contribution in [-0.2, 0) is 14.4 Å². The van der Waals surface area contributed by atoms with Crippen LogP contribution < -0.4 is 5.73 Å². The van der Waals surface area contributed by atoms with Crippen molar-refractivity contribution in [3.8, 4) is 0 Å². The van der Waals surface area contributed by atoms with E-state index in [1.165, 1.54) is 11.9 Å². The Balaban J connectivity index is 2.15. The number of primary amides is 1. The van der Waals surface area contributed by atoms with Crippen molar-refractivity contribution in [3.05, 3.63) is 0 Å². The van der Waals surface area contributed by atoms with Gasteiger partial charge in [0.05, 0.1) is 17.2 Å². The SMILES string of the molecule is CN(CC(N)=O)C(=O)[C@H]1CS[C@]2(C)CSCC(=O)N12. The summed E-state index contributed by atoms with van der Waals surface area (Å²) in [5, 5.41) is 0. The van der Waals surface area contributed by atoms with Crippen molar-refractivity contribution in [2.45, 2.75) is 17.8 Å². The number of amides is 3. The van der Waals surface area contributed by atoms with E-state index in [1.807, 2.05) is 6.92 Å². The van der Waals surface area contributed by atoms with E-state index in [0.29, 0.717) is 11.5 Å². The number of likely N-dealkylation sites (N-methyl/N-ethyl adjacent to an activating group) is 1. The van der Waals surface area contributed by atoms with Crippen molar-refractivity contribution in [2.75, 3.05) is 30.9 Å². The maximum atomic E-state index is 12.3. The molecule has 19 heavy (non-hydrogen) atoms. The molecule has 3 amide bonds. The first-order valence-corrected chi connectivity index (χ1v) is 8.06. The van der Waals surface area contributed by atoms with Crippen molar-refractivity contribution in [1.82, 2.24) is 9.80 Å². The smallest absolute Gasteiger partial charge is 0.246 e. The first-order valence-electron chi connectivity index (χ1n) is 5.92. The van der Waals surface area contributed by atoms with Crippen molar-refractivity contribution in [1.29, 1.82) is 0 Å². The Kier molecular flexibility index (Phi) is 4.00. The molecule has 2 aliphatic rings. The fourth-order valence-electron chi connectivity index (χ4n) is 2.43. The molecule has 106 valence electrons. The van der Waals surface area contributed by atoms with Crippen LogP contribution in [0.1, 0.15) is 6.92 Å². The highest BCUT2D eigenvalue weighted by molar-refractivity contribution is 8.04. The predicted octanol–water partition coefficient (Wildman–Crippen LogP) is -0.663. The molecule has 0 aromatic heterocycles. The molecule has 0 spiro atoms. The van der Waals surface area contributed by atoms with Crippen LogP contribution in [0.15, 0.2) is 0 Å². The maximum absolute atomic E-state index is 12.3. The lowest BCUT2D eigenvalue weighted by Gasteiger charge is -2.40. The van der Waals surface area contributed by atoms with Gasteiger partial charge in [0.1, 0.15) is 6.04 Å². The van der Waals surface area contributed by atoms with Crippen LogP contribution in [-0.4, -0.2) is 69.3 Å². The van der Waals surface area contributed by atoms with E-state index >= 15 is 0 Å². The number of thioether (sulfide) groups is 2. The lowest BCUT2D eigenvalue weighted by atomic mass is 10.2. The van der Waals surface area contributed by atoms with Gasteiger partial charge in [-0.15, -0.1) is 23.5 Å². The molecular formula is C11H17N3O3S2. The van der Waals surface area contributed by atoms with Crippen LogP contribution in [0.2, 0.25) is 0 Å². The van der Waals surface area contributed by atoms with E-state index in [-0.39, 0.29) is 23.2 Å². The number of hydrogen-bond donors (Lipinski definition) is 1. The largest absolute Gasteiger partial charge is 0.368 e. The van der Waals surface area contributed by atoms with Gasteiger partial charge >= 0.3 is 0 Å². The minimum Gasteiger partial charge on any atom is -0.368 e. The number of carbonyl (C=O) groups excluding carboxylic acids is 3. The van der Waals surface area contributed by atoms with E-state index in [1.54, 1.807) is 28.4 Å². The van der Waals surface area contributed by atoms with Crippen molar-refractivity contribution in [3.63, 3.8) is 0 Å². The number of hydrogen-bond acceptors (Lipinski definition) is 5. The number of fused-ring (bicyclic) bond motifs is 1. The van der Waals surface area contributed by atoms with Crippen LogP contribution in [0.25, 0.3) is 0 Å². The van der Waals surface area contributed by atoms with Gasteiger partial charge in [0, 0.05) is 18.6 Å². The summed E-state index contributed by atoms with van der Waals surface area (Å²) < 4.78 is 0. The van der Waals surface area contributed by atoms with Crippen molar-refractivity contribution in [2.24, 2.45) is 5.73 Å². The van der Waals surface area contributed by atoms with Gasteiger partial charge in [0.25, 0.3) is 0 Å². The summed E-state index contributed by atoms with van der Waals surface area (Å²) in [4.78, 5) is 38.0. The van der Waals surface area contributed by atoms with Crippen LogP contribution in [0.5, 0.6) is 0 Å². The van der Waals surface area contributed by atoms with Crippen LogP contribution in [0, 0.1) is 0 Å². The highest BCUT2D eigenvalue weighted by Crippen LogP contribution is 2.44.